The molecule has 0 atom stereocenters. The third-order valence-corrected chi connectivity index (χ3v) is 8.19. The molecule has 1 saturated carbocycles. The molecule has 1 aromatic heterocycles. The van der Waals surface area contributed by atoms with E-state index in [1.807, 2.05) is 6.33 Å². The zero-order valence-corrected chi connectivity index (χ0v) is 19.0. The predicted octanol–water partition coefficient (Wildman–Crippen LogP) is 6.83. The Morgan fingerprint density at radius 2 is 1.88 bits per heavy atom. The number of nitrogens with zero attached hydrogens (tertiary/aromatic N) is 2. The van der Waals surface area contributed by atoms with E-state index < -0.39 is 0 Å². The third kappa shape index (κ3) is 2.48. The van der Waals surface area contributed by atoms with Crippen molar-refractivity contribution in [1.29, 1.82) is 0 Å². The van der Waals surface area contributed by atoms with Crippen molar-refractivity contribution in [3.63, 3.8) is 0 Å². The highest BCUT2D eigenvalue weighted by Gasteiger charge is 2.34. The number of fused-ring (bicyclic) bond motifs is 3. The second kappa shape index (κ2) is 6.78. The van der Waals surface area contributed by atoms with Crippen LogP contribution in [0.15, 0.2) is 36.7 Å². The number of ether oxygens (including phenoxy) is 1. The van der Waals surface area contributed by atoms with Gasteiger partial charge in [-0.1, -0.05) is 37.5 Å². The molecule has 0 N–H and O–H groups in total. The second-order valence-electron chi connectivity index (χ2n) is 10.1. The van der Waals surface area contributed by atoms with Crippen molar-refractivity contribution in [2.24, 2.45) is 7.05 Å². The molecule has 0 unspecified atom stereocenters. The van der Waals surface area contributed by atoms with Gasteiger partial charge in [0.2, 0.25) is 0 Å². The van der Waals surface area contributed by atoms with Gasteiger partial charge in [-0.2, -0.15) is 0 Å². The minimum atomic E-state index is 0.636. The van der Waals surface area contributed by atoms with Crippen LogP contribution < -0.4 is 9.30 Å². The SMILES string of the molecule is Cc1c2c(c3c4c(cccc14)CCC3)Oc1cc(C3CCCCC3)cc3nc[n+](C)c-2c13. The number of aromatic nitrogens is 2. The first-order valence-corrected chi connectivity index (χ1v) is 12.3. The molecule has 2 aliphatic carbocycles. The molecule has 4 aromatic rings. The summed E-state index contributed by atoms with van der Waals surface area (Å²) in [6.07, 6.45) is 12.1. The van der Waals surface area contributed by atoms with Crippen LogP contribution >= 0.6 is 0 Å². The van der Waals surface area contributed by atoms with Crippen molar-refractivity contribution in [3.8, 4) is 22.8 Å². The van der Waals surface area contributed by atoms with Gasteiger partial charge in [-0.15, -0.1) is 0 Å². The van der Waals surface area contributed by atoms with Crippen molar-refractivity contribution in [3.05, 3.63) is 58.9 Å². The van der Waals surface area contributed by atoms with Crippen LogP contribution in [-0.4, -0.2) is 4.98 Å². The second-order valence-corrected chi connectivity index (χ2v) is 10.1. The maximum Gasteiger partial charge on any atom is 0.287 e. The smallest absolute Gasteiger partial charge is 0.287 e. The molecule has 0 bridgehead atoms. The minimum absolute atomic E-state index is 0.636. The minimum Gasteiger partial charge on any atom is -0.455 e. The topological polar surface area (TPSA) is 26.0 Å². The van der Waals surface area contributed by atoms with Gasteiger partial charge >= 0.3 is 0 Å². The first-order valence-electron chi connectivity index (χ1n) is 12.3. The molecule has 1 aliphatic heterocycles. The highest BCUT2D eigenvalue weighted by atomic mass is 16.5. The molecule has 160 valence electrons. The first kappa shape index (κ1) is 18.6. The Balaban J connectivity index is 1.56. The van der Waals surface area contributed by atoms with Crippen molar-refractivity contribution in [2.45, 2.75) is 64.2 Å². The van der Waals surface area contributed by atoms with Gasteiger partial charge in [-0.25, -0.2) is 4.57 Å². The molecule has 7 rings (SSSR count). The number of benzene rings is 3. The Morgan fingerprint density at radius 3 is 2.75 bits per heavy atom. The van der Waals surface area contributed by atoms with Crippen molar-refractivity contribution in [1.82, 2.24) is 4.98 Å². The van der Waals surface area contributed by atoms with Crippen LogP contribution in [0.4, 0.5) is 0 Å². The molecule has 2 heterocycles. The van der Waals surface area contributed by atoms with Gasteiger partial charge in [0, 0.05) is 5.56 Å². The molecular formula is C29H29N2O+. The fraction of sp³-hybridized carbons (Fsp3) is 0.379. The molecule has 3 aromatic carbocycles. The van der Waals surface area contributed by atoms with Crippen LogP contribution in [0.25, 0.3) is 32.9 Å². The molecule has 3 aliphatic rings. The van der Waals surface area contributed by atoms with Crippen LogP contribution in [-0.2, 0) is 19.9 Å². The maximum atomic E-state index is 6.88. The van der Waals surface area contributed by atoms with Crippen LogP contribution in [0.2, 0.25) is 0 Å². The number of aryl methyl sites for hydroxylation is 4. The molecule has 3 nitrogen and oxygen atoms in total. The van der Waals surface area contributed by atoms with Gasteiger partial charge in [0.15, 0.2) is 11.2 Å². The zero-order chi connectivity index (χ0) is 21.4. The fourth-order valence-electron chi connectivity index (χ4n) is 6.65. The first-order chi connectivity index (χ1) is 15.7. The zero-order valence-electron chi connectivity index (χ0n) is 19.0. The summed E-state index contributed by atoms with van der Waals surface area (Å²) in [6.45, 7) is 2.27. The number of hydrogen-bond acceptors (Lipinski definition) is 2. The largest absolute Gasteiger partial charge is 0.455 e. The van der Waals surface area contributed by atoms with Crippen molar-refractivity contribution < 1.29 is 9.30 Å². The van der Waals surface area contributed by atoms with E-state index in [1.165, 1.54) is 88.2 Å². The number of hydrogen-bond donors (Lipinski definition) is 0. The quantitative estimate of drug-likeness (QED) is 0.277. The van der Waals surface area contributed by atoms with Crippen LogP contribution in [0.1, 0.15) is 66.7 Å². The highest BCUT2D eigenvalue weighted by Crippen LogP contribution is 2.52. The lowest BCUT2D eigenvalue weighted by Crippen LogP contribution is -2.33. The van der Waals surface area contributed by atoms with E-state index in [0.29, 0.717) is 5.92 Å². The van der Waals surface area contributed by atoms with E-state index >= 15 is 0 Å². The van der Waals surface area contributed by atoms with Gasteiger partial charge in [0.25, 0.3) is 6.33 Å². The summed E-state index contributed by atoms with van der Waals surface area (Å²) >= 11 is 0. The standard InChI is InChI=1S/C29H29N2O/c1-17-21-12-6-10-19-11-7-13-22(26(19)21)29-25(17)28-27-23(30-16-31(28)2)14-20(15-24(27)32-29)18-8-4-3-5-9-18/h6,10,12,14-16,18H,3-5,7-9,11,13H2,1-2H3/q+1. The fourth-order valence-corrected chi connectivity index (χ4v) is 6.65. The van der Waals surface area contributed by atoms with E-state index in [4.69, 9.17) is 9.72 Å². The van der Waals surface area contributed by atoms with Gasteiger partial charge in [0.1, 0.15) is 16.9 Å². The monoisotopic (exact) mass is 421 g/mol. The summed E-state index contributed by atoms with van der Waals surface area (Å²) in [5, 5.41) is 3.99. The Bertz CT molecular complexity index is 1430. The third-order valence-electron chi connectivity index (χ3n) is 8.19. The summed E-state index contributed by atoms with van der Waals surface area (Å²) in [7, 11) is 2.13. The normalized spacial score (nSPS) is 17.4. The van der Waals surface area contributed by atoms with E-state index in [0.717, 1.165) is 29.9 Å². The predicted molar refractivity (Wildman–Crippen MR) is 129 cm³/mol. The van der Waals surface area contributed by atoms with Crippen LogP contribution in [0.3, 0.4) is 0 Å². The molecule has 0 amide bonds. The molecule has 1 fully saturated rings. The lowest BCUT2D eigenvalue weighted by Gasteiger charge is -2.29. The van der Waals surface area contributed by atoms with Gasteiger partial charge in [-0.05, 0) is 89.5 Å². The van der Waals surface area contributed by atoms with E-state index in [9.17, 15) is 0 Å². The average Bonchev–Trinajstić information content (AvgIpc) is 2.84. The van der Waals surface area contributed by atoms with E-state index in [-0.39, 0.29) is 0 Å². The summed E-state index contributed by atoms with van der Waals surface area (Å²) in [5.41, 5.74) is 9.21. The Morgan fingerprint density at radius 1 is 1.00 bits per heavy atom. The van der Waals surface area contributed by atoms with Gasteiger partial charge < -0.3 is 4.74 Å². The summed E-state index contributed by atoms with van der Waals surface area (Å²) < 4.78 is 9.08. The van der Waals surface area contributed by atoms with E-state index in [2.05, 4.69) is 48.9 Å². The van der Waals surface area contributed by atoms with Crippen LogP contribution in [0, 0.1) is 6.92 Å². The molecular weight excluding hydrogens is 392 g/mol. The van der Waals surface area contributed by atoms with Crippen molar-refractivity contribution >= 4 is 21.7 Å². The maximum absolute atomic E-state index is 6.88. The Kier molecular flexibility index (Phi) is 3.94. The van der Waals surface area contributed by atoms with Gasteiger partial charge in [-0.3, -0.25) is 0 Å². The summed E-state index contributed by atoms with van der Waals surface area (Å²) in [6, 6.07) is 11.5. The lowest BCUT2D eigenvalue weighted by molar-refractivity contribution is -0.662. The Hall–Kier alpha value is -2.94. The van der Waals surface area contributed by atoms with Crippen LogP contribution in [0.5, 0.6) is 11.5 Å². The molecule has 0 radical (unpaired) electrons. The van der Waals surface area contributed by atoms with Gasteiger partial charge in [0.05, 0.1) is 12.6 Å². The molecule has 0 spiro atoms. The molecule has 32 heavy (non-hydrogen) atoms. The Labute approximate surface area is 189 Å². The molecule has 3 heteroatoms. The van der Waals surface area contributed by atoms with Crippen molar-refractivity contribution in [2.75, 3.05) is 0 Å². The lowest BCUT2D eigenvalue weighted by atomic mass is 9.81. The van der Waals surface area contributed by atoms with E-state index in [1.54, 1.807) is 0 Å². The summed E-state index contributed by atoms with van der Waals surface area (Å²) in [4.78, 5) is 4.86. The highest BCUT2D eigenvalue weighted by molar-refractivity contribution is 6.06. The molecule has 0 saturated heterocycles. The number of rotatable bonds is 1. The average molecular weight is 422 g/mol. The summed E-state index contributed by atoms with van der Waals surface area (Å²) in [5.74, 6) is 2.74.